The lowest BCUT2D eigenvalue weighted by Gasteiger charge is -2.10. The van der Waals surface area contributed by atoms with Crippen LogP contribution in [0, 0.1) is 5.82 Å². The van der Waals surface area contributed by atoms with Crippen LogP contribution in [0.1, 0.15) is 21.5 Å². The van der Waals surface area contributed by atoms with E-state index in [0.29, 0.717) is 32.6 Å². The van der Waals surface area contributed by atoms with Crippen molar-refractivity contribution >= 4 is 56.5 Å². The van der Waals surface area contributed by atoms with Crippen molar-refractivity contribution in [2.24, 2.45) is 4.99 Å². The van der Waals surface area contributed by atoms with E-state index in [1.165, 1.54) is 40.9 Å². The van der Waals surface area contributed by atoms with Crippen molar-refractivity contribution in [3.8, 4) is 5.75 Å². The molecule has 0 unspecified atom stereocenters. The van der Waals surface area contributed by atoms with Gasteiger partial charge in [0.2, 0.25) is 0 Å². The molecule has 6 nitrogen and oxygen atoms in total. The Morgan fingerprint density at radius 3 is 2.65 bits per heavy atom. The lowest BCUT2D eigenvalue weighted by molar-refractivity contribution is -0.121. The van der Waals surface area contributed by atoms with Gasteiger partial charge in [0.1, 0.15) is 18.2 Å². The Labute approximate surface area is 207 Å². The summed E-state index contributed by atoms with van der Waals surface area (Å²) in [5.41, 5.74) is 2.07. The molecule has 1 saturated heterocycles. The second kappa shape index (κ2) is 10.2. The average molecular weight is 541 g/mol. The monoisotopic (exact) mass is 540 g/mol. The molecule has 1 fully saturated rings. The van der Waals surface area contributed by atoms with Gasteiger partial charge in [-0.25, -0.2) is 14.2 Å². The molecule has 172 valence electrons. The molecule has 1 N–H and O–H groups in total. The van der Waals surface area contributed by atoms with Crippen LogP contribution in [0.15, 0.2) is 81.1 Å². The number of amidine groups is 1. The molecule has 0 aliphatic carbocycles. The third-order valence-corrected chi connectivity index (χ3v) is 6.44. The second-order valence-corrected chi connectivity index (χ2v) is 9.25. The lowest BCUT2D eigenvalue weighted by atomic mass is 10.1. The Kier molecular flexibility index (Phi) is 7.14. The highest BCUT2D eigenvalue weighted by Crippen LogP contribution is 2.35. The number of likely N-dealkylation sites (N-methyl/N-ethyl adjacent to an activating group) is 1. The first-order chi connectivity index (χ1) is 16.3. The maximum atomic E-state index is 13.5. The molecule has 1 aliphatic rings. The van der Waals surface area contributed by atoms with Gasteiger partial charge in [-0.05, 0) is 78.0 Å². The zero-order valence-electron chi connectivity index (χ0n) is 17.9. The smallest absolute Gasteiger partial charge is 0.335 e. The van der Waals surface area contributed by atoms with E-state index in [-0.39, 0.29) is 23.9 Å². The summed E-state index contributed by atoms with van der Waals surface area (Å²) in [6.45, 7) is 0.176. The van der Waals surface area contributed by atoms with Crippen molar-refractivity contribution in [2.75, 3.05) is 7.05 Å². The summed E-state index contributed by atoms with van der Waals surface area (Å²) < 4.78 is 20.2. The number of amides is 1. The minimum Gasteiger partial charge on any atom is -0.488 e. The molecule has 0 spiro atoms. The van der Waals surface area contributed by atoms with Crippen molar-refractivity contribution in [3.05, 3.63) is 98.6 Å². The molecule has 34 heavy (non-hydrogen) atoms. The van der Waals surface area contributed by atoms with E-state index in [1.807, 2.05) is 12.1 Å². The number of carboxylic acids is 1. The molecule has 0 aromatic heterocycles. The predicted molar refractivity (Wildman–Crippen MR) is 134 cm³/mol. The molecule has 0 atom stereocenters. The maximum absolute atomic E-state index is 13.5. The summed E-state index contributed by atoms with van der Waals surface area (Å²) in [5.74, 6) is -1.02. The highest BCUT2D eigenvalue weighted by Gasteiger charge is 2.30. The van der Waals surface area contributed by atoms with Crippen LogP contribution in [-0.4, -0.2) is 34.1 Å². The van der Waals surface area contributed by atoms with Crippen LogP contribution in [0.25, 0.3) is 6.08 Å². The molecule has 3 aromatic rings. The van der Waals surface area contributed by atoms with E-state index < -0.39 is 5.97 Å². The highest BCUT2D eigenvalue weighted by atomic mass is 79.9. The predicted octanol–water partition coefficient (Wildman–Crippen LogP) is 6.10. The van der Waals surface area contributed by atoms with Gasteiger partial charge in [-0.1, -0.05) is 28.1 Å². The van der Waals surface area contributed by atoms with Crippen LogP contribution in [0.4, 0.5) is 10.1 Å². The number of carboxylic acid groups (broad SMARTS) is 1. The number of halogens is 2. The standard InChI is InChI=1S/C25H18BrFN2O4S/c1-29-23(30)22(34-25(29)28-20-8-5-16(6-9-20)24(31)32)13-17-12-18(26)7-10-21(17)33-14-15-3-2-4-19(27)11-15/h2-13H,14H2,1H3,(H,31,32). The van der Waals surface area contributed by atoms with Gasteiger partial charge >= 0.3 is 5.97 Å². The van der Waals surface area contributed by atoms with Crippen LogP contribution < -0.4 is 4.74 Å². The Bertz CT molecular complexity index is 1320. The van der Waals surface area contributed by atoms with Gasteiger partial charge < -0.3 is 9.84 Å². The van der Waals surface area contributed by atoms with Gasteiger partial charge in [-0.2, -0.15) is 0 Å². The first-order valence-electron chi connectivity index (χ1n) is 10.1. The number of hydrogen-bond donors (Lipinski definition) is 1. The van der Waals surface area contributed by atoms with Crippen LogP contribution in [0.3, 0.4) is 0 Å². The van der Waals surface area contributed by atoms with Gasteiger partial charge in [-0.3, -0.25) is 9.69 Å². The molecular weight excluding hydrogens is 523 g/mol. The van der Waals surface area contributed by atoms with E-state index in [2.05, 4.69) is 20.9 Å². The van der Waals surface area contributed by atoms with Crippen LogP contribution in [0.5, 0.6) is 5.75 Å². The Balaban J connectivity index is 1.58. The topological polar surface area (TPSA) is 79.2 Å². The number of hydrogen-bond acceptors (Lipinski definition) is 5. The Morgan fingerprint density at radius 1 is 1.18 bits per heavy atom. The molecule has 0 radical (unpaired) electrons. The Hall–Kier alpha value is -3.43. The molecule has 1 amide bonds. The number of benzene rings is 3. The van der Waals surface area contributed by atoms with Gasteiger partial charge in [0, 0.05) is 17.1 Å². The first-order valence-corrected chi connectivity index (χ1v) is 11.7. The largest absolute Gasteiger partial charge is 0.488 e. The van der Waals surface area contributed by atoms with E-state index in [9.17, 15) is 14.0 Å². The van der Waals surface area contributed by atoms with Crippen LogP contribution in [0.2, 0.25) is 0 Å². The Morgan fingerprint density at radius 2 is 1.94 bits per heavy atom. The fraction of sp³-hybridized carbons (Fsp3) is 0.0800. The van der Waals surface area contributed by atoms with Crippen LogP contribution >= 0.6 is 27.7 Å². The SMILES string of the molecule is CN1C(=O)C(=Cc2cc(Br)ccc2OCc2cccc(F)c2)SC1=Nc1ccc(C(=O)O)cc1. The molecule has 1 heterocycles. The van der Waals surface area contributed by atoms with E-state index in [1.54, 1.807) is 43.5 Å². The summed E-state index contributed by atoms with van der Waals surface area (Å²) in [5, 5.41) is 9.51. The molecule has 1 aliphatic heterocycles. The average Bonchev–Trinajstić information content (AvgIpc) is 3.06. The normalized spacial score (nSPS) is 15.9. The number of nitrogens with zero attached hydrogens (tertiary/aromatic N) is 2. The molecule has 3 aromatic carbocycles. The van der Waals surface area contributed by atoms with Crippen molar-refractivity contribution < 1.29 is 23.8 Å². The summed E-state index contributed by atoms with van der Waals surface area (Å²) in [6.07, 6.45) is 1.73. The van der Waals surface area contributed by atoms with Gasteiger partial charge in [0.05, 0.1) is 16.2 Å². The quantitative estimate of drug-likeness (QED) is 0.382. The van der Waals surface area contributed by atoms with Gasteiger partial charge in [0.15, 0.2) is 5.17 Å². The van der Waals surface area contributed by atoms with Crippen molar-refractivity contribution in [1.82, 2.24) is 4.90 Å². The number of carbonyl (C=O) groups excluding carboxylic acids is 1. The fourth-order valence-electron chi connectivity index (χ4n) is 3.13. The second-order valence-electron chi connectivity index (χ2n) is 7.32. The number of thioether (sulfide) groups is 1. The zero-order chi connectivity index (χ0) is 24.2. The summed E-state index contributed by atoms with van der Waals surface area (Å²) >= 11 is 4.66. The summed E-state index contributed by atoms with van der Waals surface area (Å²) in [4.78, 5) is 30.3. The molecule has 0 bridgehead atoms. The number of aromatic carboxylic acids is 1. The lowest BCUT2D eigenvalue weighted by Crippen LogP contribution is -2.23. The van der Waals surface area contributed by atoms with Crippen LogP contribution in [-0.2, 0) is 11.4 Å². The minimum absolute atomic E-state index is 0.161. The third-order valence-electron chi connectivity index (χ3n) is 4.88. The third kappa shape index (κ3) is 5.55. The molecule has 0 saturated carbocycles. The number of carbonyl (C=O) groups is 2. The van der Waals surface area contributed by atoms with Gasteiger partial charge in [-0.15, -0.1) is 0 Å². The first kappa shape index (κ1) is 23.7. The van der Waals surface area contributed by atoms with E-state index in [0.717, 1.165) is 4.47 Å². The highest BCUT2D eigenvalue weighted by molar-refractivity contribution is 9.10. The minimum atomic E-state index is -1.02. The maximum Gasteiger partial charge on any atom is 0.335 e. The fourth-order valence-corrected chi connectivity index (χ4v) is 4.49. The number of rotatable bonds is 6. The van der Waals surface area contributed by atoms with E-state index in [4.69, 9.17) is 9.84 Å². The van der Waals surface area contributed by atoms with Crippen molar-refractivity contribution in [2.45, 2.75) is 6.61 Å². The number of aliphatic imine (C=N–C) groups is 1. The van der Waals surface area contributed by atoms with E-state index >= 15 is 0 Å². The zero-order valence-corrected chi connectivity index (χ0v) is 20.3. The molecular formula is C25H18BrFN2O4S. The summed E-state index contributed by atoms with van der Waals surface area (Å²) in [7, 11) is 1.63. The van der Waals surface area contributed by atoms with Crippen molar-refractivity contribution in [1.29, 1.82) is 0 Å². The molecule has 9 heteroatoms. The van der Waals surface area contributed by atoms with Crippen molar-refractivity contribution in [3.63, 3.8) is 0 Å². The number of ether oxygens (including phenoxy) is 1. The van der Waals surface area contributed by atoms with Gasteiger partial charge in [0.25, 0.3) is 5.91 Å². The summed E-state index contributed by atoms with van der Waals surface area (Å²) in [6, 6.07) is 17.7. The molecule has 4 rings (SSSR count).